The third kappa shape index (κ3) is 3.46. The fourth-order valence-electron chi connectivity index (χ4n) is 0.995. The van der Waals surface area contributed by atoms with Crippen molar-refractivity contribution < 1.29 is 4.74 Å². The van der Waals surface area contributed by atoms with E-state index >= 15 is 0 Å². The van der Waals surface area contributed by atoms with Crippen molar-refractivity contribution in [2.24, 2.45) is 9.81 Å². The van der Waals surface area contributed by atoms with E-state index in [2.05, 4.69) is 37.2 Å². The van der Waals surface area contributed by atoms with Crippen LogP contribution in [0.5, 0.6) is 0 Å². The molecule has 1 aliphatic heterocycles. The van der Waals surface area contributed by atoms with Gasteiger partial charge in [-0.1, -0.05) is 31.6 Å². The van der Waals surface area contributed by atoms with Crippen LogP contribution in [-0.2, 0) is 4.74 Å². The number of allylic oxidation sites excluding steroid dienone is 1. The number of hydrogen-bond acceptors (Lipinski definition) is 5. The SMILES string of the molecule is C=NSSCC1NC=C(C(C)(C)C)O1. The Kier molecular flexibility index (Phi) is 4.19. The van der Waals surface area contributed by atoms with Gasteiger partial charge in [-0.05, 0) is 6.72 Å². The van der Waals surface area contributed by atoms with Crippen LogP contribution >= 0.6 is 21.8 Å². The van der Waals surface area contributed by atoms with Gasteiger partial charge in [0, 0.05) is 22.6 Å². The minimum Gasteiger partial charge on any atom is -0.472 e. The van der Waals surface area contributed by atoms with E-state index < -0.39 is 0 Å². The highest BCUT2D eigenvalue weighted by Crippen LogP contribution is 2.31. The van der Waals surface area contributed by atoms with Crippen molar-refractivity contribution in [1.29, 1.82) is 0 Å². The van der Waals surface area contributed by atoms with Gasteiger partial charge in [-0.3, -0.25) is 0 Å². The first-order chi connectivity index (χ1) is 6.54. The van der Waals surface area contributed by atoms with Gasteiger partial charge in [-0.25, -0.2) is 4.40 Å². The van der Waals surface area contributed by atoms with Gasteiger partial charge in [-0.15, -0.1) is 0 Å². The highest BCUT2D eigenvalue weighted by Gasteiger charge is 2.26. The largest absolute Gasteiger partial charge is 0.472 e. The molecule has 0 aromatic carbocycles. The Labute approximate surface area is 93.3 Å². The third-order valence-corrected chi connectivity index (χ3v) is 3.42. The maximum Gasteiger partial charge on any atom is 0.179 e. The molecule has 0 fully saturated rings. The molecule has 1 aliphatic rings. The first kappa shape index (κ1) is 11.8. The van der Waals surface area contributed by atoms with Gasteiger partial charge < -0.3 is 10.1 Å². The number of hydrogen-bond donors (Lipinski definition) is 1. The molecular formula is C9H16N2OS2. The van der Waals surface area contributed by atoms with Crippen LogP contribution in [0.25, 0.3) is 0 Å². The summed E-state index contributed by atoms with van der Waals surface area (Å²) in [7, 11) is 3.02. The van der Waals surface area contributed by atoms with Gasteiger partial charge >= 0.3 is 0 Å². The average Bonchev–Trinajstić information content (AvgIpc) is 2.52. The minimum atomic E-state index is 0.0727. The lowest BCUT2D eigenvalue weighted by Gasteiger charge is -2.21. The summed E-state index contributed by atoms with van der Waals surface area (Å²) in [5.41, 5.74) is 0.0796. The summed E-state index contributed by atoms with van der Waals surface area (Å²) in [4.78, 5) is 0. The van der Waals surface area contributed by atoms with Crippen LogP contribution in [0.1, 0.15) is 20.8 Å². The van der Waals surface area contributed by atoms with Gasteiger partial charge in [0.25, 0.3) is 0 Å². The number of rotatable bonds is 4. The predicted molar refractivity (Wildman–Crippen MR) is 65.1 cm³/mol. The van der Waals surface area contributed by atoms with Crippen molar-refractivity contribution in [2.45, 2.75) is 27.0 Å². The van der Waals surface area contributed by atoms with E-state index in [4.69, 9.17) is 4.74 Å². The highest BCUT2D eigenvalue weighted by atomic mass is 33.1. The third-order valence-electron chi connectivity index (χ3n) is 1.73. The van der Waals surface area contributed by atoms with Crippen LogP contribution in [0, 0.1) is 5.41 Å². The van der Waals surface area contributed by atoms with Gasteiger partial charge in [0.2, 0.25) is 0 Å². The second kappa shape index (κ2) is 4.98. The molecule has 1 rings (SSSR count). The molecule has 80 valence electrons. The summed E-state index contributed by atoms with van der Waals surface area (Å²) in [5, 5.41) is 3.19. The number of ether oxygens (including phenoxy) is 1. The molecule has 1 atom stereocenters. The zero-order valence-corrected chi connectivity index (χ0v) is 10.4. The second-order valence-corrected chi connectivity index (χ2v) is 6.15. The van der Waals surface area contributed by atoms with E-state index in [0.717, 1.165) is 11.5 Å². The van der Waals surface area contributed by atoms with Crippen molar-refractivity contribution in [1.82, 2.24) is 5.32 Å². The van der Waals surface area contributed by atoms with Crippen LogP contribution in [-0.4, -0.2) is 18.7 Å². The molecule has 0 amide bonds. The van der Waals surface area contributed by atoms with Gasteiger partial charge in [0.15, 0.2) is 6.23 Å². The molecule has 0 saturated carbocycles. The molecule has 0 radical (unpaired) electrons. The number of nitrogens with one attached hydrogen (secondary N) is 1. The van der Waals surface area contributed by atoms with E-state index in [0.29, 0.717) is 0 Å². The normalized spacial score (nSPS) is 21.1. The van der Waals surface area contributed by atoms with Crippen molar-refractivity contribution in [3.05, 3.63) is 12.0 Å². The molecule has 0 aromatic heterocycles. The van der Waals surface area contributed by atoms with E-state index in [1.54, 1.807) is 10.8 Å². The summed E-state index contributed by atoms with van der Waals surface area (Å²) in [6, 6.07) is 0. The molecule has 0 aliphatic carbocycles. The predicted octanol–water partition coefficient (Wildman–Crippen LogP) is 2.82. The van der Waals surface area contributed by atoms with Crippen molar-refractivity contribution in [3.63, 3.8) is 0 Å². The fourth-order valence-corrected chi connectivity index (χ4v) is 2.20. The lowest BCUT2D eigenvalue weighted by Crippen LogP contribution is -2.24. The van der Waals surface area contributed by atoms with Crippen molar-refractivity contribution >= 4 is 28.5 Å². The van der Waals surface area contributed by atoms with Crippen molar-refractivity contribution in [3.8, 4) is 0 Å². The summed E-state index contributed by atoms with van der Waals surface area (Å²) >= 11 is 0. The Morgan fingerprint density at radius 1 is 1.64 bits per heavy atom. The molecule has 1 heterocycles. The van der Waals surface area contributed by atoms with Crippen molar-refractivity contribution in [2.75, 3.05) is 5.75 Å². The maximum absolute atomic E-state index is 5.73. The Balaban J connectivity index is 2.28. The lowest BCUT2D eigenvalue weighted by atomic mass is 9.95. The summed E-state index contributed by atoms with van der Waals surface area (Å²) in [6.45, 7) is 9.80. The minimum absolute atomic E-state index is 0.0727. The molecule has 1 N–H and O–H groups in total. The summed E-state index contributed by atoms with van der Waals surface area (Å²) in [5.74, 6) is 1.87. The van der Waals surface area contributed by atoms with Crippen LogP contribution in [0.3, 0.4) is 0 Å². The summed E-state index contributed by atoms with van der Waals surface area (Å²) in [6.07, 6.45) is 2.03. The lowest BCUT2D eigenvalue weighted by molar-refractivity contribution is 0.108. The number of nitrogens with zero attached hydrogens (tertiary/aromatic N) is 1. The first-order valence-corrected chi connectivity index (χ1v) is 6.69. The Hall–Kier alpha value is -0.290. The molecule has 14 heavy (non-hydrogen) atoms. The second-order valence-electron chi connectivity index (χ2n) is 4.02. The molecule has 0 spiro atoms. The molecule has 5 heteroatoms. The first-order valence-electron chi connectivity index (χ1n) is 4.42. The van der Waals surface area contributed by atoms with Gasteiger partial charge in [0.1, 0.15) is 5.76 Å². The molecule has 1 unspecified atom stereocenters. The fraction of sp³-hybridized carbons (Fsp3) is 0.667. The Bertz CT molecular complexity index is 235. The van der Waals surface area contributed by atoms with Crippen LogP contribution in [0.15, 0.2) is 16.4 Å². The quantitative estimate of drug-likeness (QED) is 0.350. The molecule has 0 bridgehead atoms. The van der Waals surface area contributed by atoms with Gasteiger partial charge in [-0.2, -0.15) is 0 Å². The van der Waals surface area contributed by atoms with Crippen LogP contribution < -0.4 is 5.32 Å². The van der Waals surface area contributed by atoms with Gasteiger partial charge in [0.05, 0.1) is 5.75 Å². The summed E-state index contributed by atoms with van der Waals surface area (Å²) < 4.78 is 9.42. The van der Waals surface area contributed by atoms with Crippen LogP contribution in [0.2, 0.25) is 0 Å². The average molecular weight is 232 g/mol. The molecule has 0 aromatic rings. The van der Waals surface area contributed by atoms with E-state index in [1.807, 2.05) is 6.20 Å². The topological polar surface area (TPSA) is 33.6 Å². The van der Waals surface area contributed by atoms with E-state index in [-0.39, 0.29) is 11.6 Å². The maximum atomic E-state index is 5.73. The van der Waals surface area contributed by atoms with E-state index in [1.165, 1.54) is 11.0 Å². The van der Waals surface area contributed by atoms with E-state index in [9.17, 15) is 0 Å². The molecule has 0 saturated heterocycles. The van der Waals surface area contributed by atoms with Crippen LogP contribution in [0.4, 0.5) is 0 Å². The zero-order valence-electron chi connectivity index (χ0n) is 8.74. The highest BCUT2D eigenvalue weighted by molar-refractivity contribution is 8.76. The smallest absolute Gasteiger partial charge is 0.179 e. The standard InChI is InChI=1S/C9H16N2OS2/c1-9(2,3)7-5-11-8(12-7)6-13-14-10-4/h5,8,11H,4,6H2,1-3H3. The molecule has 3 nitrogen and oxygen atoms in total. The Morgan fingerprint density at radius 2 is 2.36 bits per heavy atom. The molecular weight excluding hydrogens is 216 g/mol. The zero-order chi connectivity index (χ0) is 10.6. The Morgan fingerprint density at radius 3 is 2.86 bits per heavy atom. The monoisotopic (exact) mass is 232 g/mol.